The molecule has 0 aromatic heterocycles. The molecule has 1 aromatic rings. The van der Waals surface area contributed by atoms with Crippen LogP contribution in [-0.4, -0.2) is 24.0 Å². The summed E-state index contributed by atoms with van der Waals surface area (Å²) < 4.78 is 0. The minimum Gasteiger partial charge on any atom is -0.329 e. The summed E-state index contributed by atoms with van der Waals surface area (Å²) >= 11 is 6.24. The number of hydrogen-bond acceptors (Lipinski definition) is 2. The molecular formula is C15H23ClN2. The average molecular weight is 267 g/mol. The second-order valence-electron chi connectivity index (χ2n) is 5.38. The zero-order chi connectivity index (χ0) is 13.2. The molecule has 3 heteroatoms. The minimum atomic E-state index is 0.152. The number of benzene rings is 1. The highest BCUT2D eigenvalue weighted by molar-refractivity contribution is 6.31. The fourth-order valence-electron chi connectivity index (χ4n) is 3.00. The van der Waals surface area contributed by atoms with Crippen LogP contribution in [0.1, 0.15) is 31.7 Å². The van der Waals surface area contributed by atoms with E-state index in [0.717, 1.165) is 30.5 Å². The topological polar surface area (TPSA) is 29.3 Å². The van der Waals surface area contributed by atoms with Crippen LogP contribution < -0.4 is 5.73 Å². The van der Waals surface area contributed by atoms with Crippen molar-refractivity contribution in [3.8, 4) is 0 Å². The molecule has 1 fully saturated rings. The molecule has 1 aliphatic carbocycles. The summed E-state index contributed by atoms with van der Waals surface area (Å²) in [5.74, 6) is 0.764. The zero-order valence-corrected chi connectivity index (χ0v) is 12.1. The first-order valence-corrected chi connectivity index (χ1v) is 7.16. The van der Waals surface area contributed by atoms with Gasteiger partial charge in [-0.3, -0.25) is 4.90 Å². The van der Waals surface area contributed by atoms with E-state index in [4.69, 9.17) is 17.3 Å². The summed E-state index contributed by atoms with van der Waals surface area (Å²) in [6, 6.07) is 8.07. The molecule has 0 radical (unpaired) electrons. The third-order valence-electron chi connectivity index (χ3n) is 4.43. The SMILES string of the molecule is CCC(CN)(C1CC1)N(C)Cc1ccccc1Cl. The summed E-state index contributed by atoms with van der Waals surface area (Å²) in [6.45, 7) is 3.85. The molecular weight excluding hydrogens is 244 g/mol. The van der Waals surface area contributed by atoms with E-state index in [2.05, 4.69) is 24.9 Å². The summed E-state index contributed by atoms with van der Waals surface area (Å²) in [4.78, 5) is 2.41. The number of nitrogens with zero attached hydrogens (tertiary/aromatic N) is 1. The zero-order valence-electron chi connectivity index (χ0n) is 11.3. The standard InChI is InChI=1S/C15H23ClN2/c1-3-15(11-17,13-8-9-13)18(2)10-12-6-4-5-7-14(12)16/h4-7,13H,3,8-11,17H2,1-2H3. The molecule has 2 N–H and O–H groups in total. The van der Waals surface area contributed by atoms with Crippen LogP contribution in [0.3, 0.4) is 0 Å². The monoisotopic (exact) mass is 266 g/mol. The van der Waals surface area contributed by atoms with Crippen LogP contribution >= 0.6 is 11.6 Å². The lowest BCUT2D eigenvalue weighted by molar-refractivity contribution is 0.0892. The molecule has 0 saturated heterocycles. The van der Waals surface area contributed by atoms with Crippen molar-refractivity contribution < 1.29 is 0 Å². The van der Waals surface area contributed by atoms with E-state index in [0.29, 0.717) is 0 Å². The first-order chi connectivity index (χ1) is 8.64. The maximum Gasteiger partial charge on any atom is 0.0451 e. The van der Waals surface area contributed by atoms with Crippen molar-refractivity contribution in [3.63, 3.8) is 0 Å². The Morgan fingerprint density at radius 1 is 1.39 bits per heavy atom. The van der Waals surface area contributed by atoms with E-state index in [-0.39, 0.29) is 5.54 Å². The van der Waals surface area contributed by atoms with Crippen molar-refractivity contribution in [1.29, 1.82) is 0 Å². The molecule has 100 valence electrons. The summed E-state index contributed by atoms with van der Waals surface area (Å²) in [6.07, 6.45) is 3.74. The number of likely N-dealkylation sites (N-methyl/N-ethyl adjacent to an activating group) is 1. The van der Waals surface area contributed by atoms with Gasteiger partial charge in [0.25, 0.3) is 0 Å². The minimum absolute atomic E-state index is 0.152. The van der Waals surface area contributed by atoms with Gasteiger partial charge in [0.1, 0.15) is 0 Å². The van der Waals surface area contributed by atoms with Gasteiger partial charge in [0.2, 0.25) is 0 Å². The second-order valence-corrected chi connectivity index (χ2v) is 5.79. The predicted octanol–water partition coefficient (Wildman–Crippen LogP) is 3.29. The molecule has 0 aliphatic heterocycles. The maximum atomic E-state index is 6.24. The van der Waals surface area contributed by atoms with E-state index in [1.807, 2.05) is 18.2 Å². The van der Waals surface area contributed by atoms with Crippen molar-refractivity contribution in [2.45, 2.75) is 38.3 Å². The highest BCUT2D eigenvalue weighted by Crippen LogP contribution is 2.44. The molecule has 1 unspecified atom stereocenters. The normalized spacial score (nSPS) is 18.9. The van der Waals surface area contributed by atoms with Gasteiger partial charge in [-0.25, -0.2) is 0 Å². The van der Waals surface area contributed by atoms with Crippen molar-refractivity contribution in [3.05, 3.63) is 34.9 Å². The fraction of sp³-hybridized carbons (Fsp3) is 0.600. The van der Waals surface area contributed by atoms with E-state index >= 15 is 0 Å². The third-order valence-corrected chi connectivity index (χ3v) is 4.80. The number of nitrogens with two attached hydrogens (primary N) is 1. The van der Waals surface area contributed by atoms with Crippen molar-refractivity contribution in [1.82, 2.24) is 4.90 Å². The van der Waals surface area contributed by atoms with Crippen LogP contribution in [0.5, 0.6) is 0 Å². The molecule has 18 heavy (non-hydrogen) atoms. The Balaban J connectivity index is 2.15. The van der Waals surface area contributed by atoms with Crippen molar-refractivity contribution in [2.24, 2.45) is 11.7 Å². The van der Waals surface area contributed by atoms with Crippen molar-refractivity contribution in [2.75, 3.05) is 13.6 Å². The predicted molar refractivity (Wildman–Crippen MR) is 77.7 cm³/mol. The molecule has 1 aromatic carbocycles. The van der Waals surface area contributed by atoms with Crippen LogP contribution in [0, 0.1) is 5.92 Å². The maximum absolute atomic E-state index is 6.24. The second kappa shape index (κ2) is 5.60. The number of halogens is 1. The lowest BCUT2D eigenvalue weighted by Gasteiger charge is -2.41. The van der Waals surface area contributed by atoms with Gasteiger partial charge in [-0.05, 0) is 43.9 Å². The summed E-state index contributed by atoms with van der Waals surface area (Å²) in [5.41, 5.74) is 7.42. The summed E-state index contributed by atoms with van der Waals surface area (Å²) in [5, 5.41) is 0.849. The Morgan fingerprint density at radius 3 is 2.56 bits per heavy atom. The van der Waals surface area contributed by atoms with Gasteiger partial charge in [0, 0.05) is 23.7 Å². The van der Waals surface area contributed by atoms with E-state index in [1.54, 1.807) is 0 Å². The molecule has 2 nitrogen and oxygen atoms in total. The molecule has 1 saturated carbocycles. The van der Waals surface area contributed by atoms with Gasteiger partial charge >= 0.3 is 0 Å². The Morgan fingerprint density at radius 2 is 2.06 bits per heavy atom. The van der Waals surface area contributed by atoms with E-state index < -0.39 is 0 Å². The quantitative estimate of drug-likeness (QED) is 0.856. The first kappa shape index (κ1) is 13.9. The smallest absolute Gasteiger partial charge is 0.0451 e. The van der Waals surface area contributed by atoms with Crippen LogP contribution in [0.2, 0.25) is 5.02 Å². The fourth-order valence-corrected chi connectivity index (χ4v) is 3.19. The van der Waals surface area contributed by atoms with Crippen LogP contribution in [0.4, 0.5) is 0 Å². The molecule has 1 aliphatic rings. The lowest BCUT2D eigenvalue weighted by atomic mass is 9.88. The Bertz CT molecular complexity index is 397. The van der Waals surface area contributed by atoms with E-state index in [9.17, 15) is 0 Å². The third kappa shape index (κ3) is 2.56. The molecule has 0 spiro atoms. The number of hydrogen-bond donors (Lipinski definition) is 1. The molecule has 0 amide bonds. The van der Waals surface area contributed by atoms with Gasteiger partial charge in [0.05, 0.1) is 0 Å². The Hall–Kier alpha value is -0.570. The highest BCUT2D eigenvalue weighted by Gasteiger charge is 2.45. The molecule has 1 atom stereocenters. The van der Waals surface area contributed by atoms with Crippen LogP contribution in [0.15, 0.2) is 24.3 Å². The van der Waals surface area contributed by atoms with Gasteiger partial charge in [0.15, 0.2) is 0 Å². The first-order valence-electron chi connectivity index (χ1n) is 6.78. The van der Waals surface area contributed by atoms with Gasteiger partial charge in [-0.1, -0.05) is 36.7 Å². The van der Waals surface area contributed by atoms with Crippen LogP contribution in [-0.2, 0) is 6.54 Å². The molecule has 0 heterocycles. The lowest BCUT2D eigenvalue weighted by Crippen LogP contribution is -2.53. The Kier molecular flexibility index (Phi) is 4.31. The van der Waals surface area contributed by atoms with Crippen molar-refractivity contribution >= 4 is 11.6 Å². The van der Waals surface area contributed by atoms with Crippen LogP contribution in [0.25, 0.3) is 0 Å². The summed E-state index contributed by atoms with van der Waals surface area (Å²) in [7, 11) is 2.18. The highest BCUT2D eigenvalue weighted by atomic mass is 35.5. The molecule has 2 rings (SSSR count). The van der Waals surface area contributed by atoms with Gasteiger partial charge < -0.3 is 5.73 Å². The average Bonchev–Trinajstić information content (AvgIpc) is 3.19. The van der Waals surface area contributed by atoms with Gasteiger partial charge in [-0.15, -0.1) is 0 Å². The Labute approximate surface area is 115 Å². The largest absolute Gasteiger partial charge is 0.329 e. The van der Waals surface area contributed by atoms with Gasteiger partial charge in [-0.2, -0.15) is 0 Å². The number of rotatable bonds is 6. The van der Waals surface area contributed by atoms with E-state index in [1.165, 1.54) is 18.4 Å². The molecule has 0 bridgehead atoms.